The summed E-state index contributed by atoms with van der Waals surface area (Å²) in [6.07, 6.45) is 3.42. The SMILES string of the molecule is C=Cc1ccc(Cn2cc(C(=O)c3ccccc3)c(=O)c3ccc(C)nc32)cc1. The van der Waals surface area contributed by atoms with E-state index in [-0.39, 0.29) is 16.8 Å². The van der Waals surface area contributed by atoms with Gasteiger partial charge in [-0.25, -0.2) is 4.98 Å². The van der Waals surface area contributed by atoms with Crippen LogP contribution in [-0.2, 0) is 6.54 Å². The Labute approximate surface area is 168 Å². The summed E-state index contributed by atoms with van der Waals surface area (Å²) in [5.74, 6) is -0.283. The largest absolute Gasteiger partial charge is 0.327 e. The molecule has 0 saturated carbocycles. The molecular formula is C25H20N2O2. The minimum Gasteiger partial charge on any atom is -0.327 e. The summed E-state index contributed by atoms with van der Waals surface area (Å²) in [6, 6.07) is 20.4. The van der Waals surface area contributed by atoms with Crippen LogP contribution < -0.4 is 5.43 Å². The summed E-state index contributed by atoms with van der Waals surface area (Å²) in [4.78, 5) is 30.7. The molecule has 0 saturated heterocycles. The highest BCUT2D eigenvalue weighted by molar-refractivity contribution is 6.09. The average Bonchev–Trinajstić information content (AvgIpc) is 2.76. The van der Waals surface area contributed by atoms with Gasteiger partial charge in [-0.15, -0.1) is 0 Å². The van der Waals surface area contributed by atoms with Gasteiger partial charge in [0.1, 0.15) is 5.65 Å². The Bertz CT molecular complexity index is 1270. The maximum atomic E-state index is 13.1. The van der Waals surface area contributed by atoms with Gasteiger partial charge in [0.2, 0.25) is 5.43 Å². The monoisotopic (exact) mass is 380 g/mol. The number of fused-ring (bicyclic) bond motifs is 1. The van der Waals surface area contributed by atoms with Crippen LogP contribution in [0.15, 0.2) is 84.3 Å². The molecule has 2 heterocycles. The minimum atomic E-state index is -0.292. The topological polar surface area (TPSA) is 52.0 Å². The van der Waals surface area contributed by atoms with E-state index in [0.717, 1.165) is 16.8 Å². The number of hydrogen-bond acceptors (Lipinski definition) is 3. The lowest BCUT2D eigenvalue weighted by Crippen LogP contribution is -2.21. The molecule has 0 spiro atoms. The third kappa shape index (κ3) is 3.65. The molecule has 0 bridgehead atoms. The normalized spacial score (nSPS) is 10.8. The van der Waals surface area contributed by atoms with Gasteiger partial charge in [0.05, 0.1) is 10.9 Å². The number of pyridine rings is 2. The molecule has 0 fully saturated rings. The van der Waals surface area contributed by atoms with Gasteiger partial charge in [0.25, 0.3) is 0 Å². The second-order valence-electron chi connectivity index (χ2n) is 6.96. The third-order valence-corrected chi connectivity index (χ3v) is 4.91. The Hall–Kier alpha value is -3.79. The number of ketones is 1. The van der Waals surface area contributed by atoms with Gasteiger partial charge in [0, 0.05) is 24.0 Å². The van der Waals surface area contributed by atoms with Gasteiger partial charge in [-0.05, 0) is 30.2 Å². The number of rotatable bonds is 5. The fourth-order valence-corrected chi connectivity index (χ4v) is 3.34. The van der Waals surface area contributed by atoms with E-state index in [9.17, 15) is 9.59 Å². The van der Waals surface area contributed by atoms with Crippen molar-refractivity contribution in [1.82, 2.24) is 9.55 Å². The molecule has 0 aliphatic heterocycles. The molecule has 0 amide bonds. The van der Waals surface area contributed by atoms with Crippen molar-refractivity contribution in [3.05, 3.63) is 118 Å². The Morgan fingerprint density at radius 3 is 2.45 bits per heavy atom. The molecule has 2 aromatic heterocycles. The number of carbonyl (C=O) groups excluding carboxylic acids is 1. The van der Waals surface area contributed by atoms with E-state index in [1.165, 1.54) is 0 Å². The smallest absolute Gasteiger partial charge is 0.202 e. The number of aromatic nitrogens is 2. The van der Waals surface area contributed by atoms with Gasteiger partial charge in [-0.2, -0.15) is 0 Å². The Morgan fingerprint density at radius 1 is 1.03 bits per heavy atom. The lowest BCUT2D eigenvalue weighted by molar-refractivity contribution is 0.103. The van der Waals surface area contributed by atoms with Gasteiger partial charge >= 0.3 is 0 Å². The molecule has 4 heteroatoms. The van der Waals surface area contributed by atoms with E-state index in [1.807, 2.05) is 41.8 Å². The van der Waals surface area contributed by atoms with E-state index >= 15 is 0 Å². The third-order valence-electron chi connectivity index (χ3n) is 4.91. The zero-order valence-corrected chi connectivity index (χ0v) is 16.1. The van der Waals surface area contributed by atoms with Gasteiger partial charge in [0.15, 0.2) is 5.78 Å². The molecule has 29 heavy (non-hydrogen) atoms. The van der Waals surface area contributed by atoms with Crippen LogP contribution in [0, 0.1) is 6.92 Å². The number of nitrogens with zero attached hydrogens (tertiary/aromatic N) is 2. The first kappa shape index (κ1) is 18.6. The Morgan fingerprint density at radius 2 is 1.76 bits per heavy atom. The van der Waals surface area contributed by atoms with Crippen LogP contribution in [0.3, 0.4) is 0 Å². The molecule has 0 aliphatic rings. The van der Waals surface area contributed by atoms with Crippen molar-refractivity contribution in [3.63, 3.8) is 0 Å². The van der Waals surface area contributed by atoms with E-state index in [0.29, 0.717) is 23.1 Å². The Balaban J connectivity index is 1.88. The molecule has 4 nitrogen and oxygen atoms in total. The van der Waals surface area contributed by atoms with Crippen LogP contribution in [0.4, 0.5) is 0 Å². The first-order valence-corrected chi connectivity index (χ1v) is 9.39. The average molecular weight is 380 g/mol. The minimum absolute atomic E-state index is 0.150. The number of aryl methyl sites for hydroxylation is 1. The van der Waals surface area contributed by atoms with Crippen LogP contribution in [0.2, 0.25) is 0 Å². The lowest BCUT2D eigenvalue weighted by Gasteiger charge is -2.13. The maximum Gasteiger partial charge on any atom is 0.202 e. The molecule has 4 rings (SSSR count). The second-order valence-corrected chi connectivity index (χ2v) is 6.96. The second kappa shape index (κ2) is 7.68. The predicted molar refractivity (Wildman–Crippen MR) is 116 cm³/mol. The van der Waals surface area contributed by atoms with Crippen molar-refractivity contribution in [3.8, 4) is 0 Å². The van der Waals surface area contributed by atoms with E-state index < -0.39 is 0 Å². The van der Waals surface area contributed by atoms with Crippen LogP contribution in [0.5, 0.6) is 0 Å². The van der Waals surface area contributed by atoms with E-state index in [2.05, 4.69) is 11.6 Å². The van der Waals surface area contributed by atoms with E-state index in [4.69, 9.17) is 0 Å². The molecule has 0 aliphatic carbocycles. The zero-order chi connectivity index (χ0) is 20.4. The quantitative estimate of drug-likeness (QED) is 0.475. The standard InChI is InChI=1S/C25H20N2O2/c1-3-18-10-12-19(13-11-18)15-27-16-22(23(28)20-7-5-4-6-8-20)24(29)21-14-9-17(2)26-25(21)27/h3-14,16H,1,15H2,2H3. The molecule has 142 valence electrons. The fourth-order valence-electron chi connectivity index (χ4n) is 3.34. The number of hydrogen-bond donors (Lipinski definition) is 0. The molecular weight excluding hydrogens is 360 g/mol. The molecule has 2 aromatic carbocycles. The van der Waals surface area contributed by atoms with E-state index in [1.54, 1.807) is 48.7 Å². The summed E-state index contributed by atoms with van der Waals surface area (Å²) in [5, 5.41) is 0.445. The van der Waals surface area contributed by atoms with Crippen molar-refractivity contribution < 1.29 is 4.79 Å². The predicted octanol–water partition coefficient (Wildman–Crippen LogP) is 4.63. The lowest BCUT2D eigenvalue weighted by atomic mass is 10.0. The summed E-state index contributed by atoms with van der Waals surface area (Å²) >= 11 is 0. The Kier molecular flexibility index (Phi) is 4.92. The molecule has 0 unspecified atom stereocenters. The summed E-state index contributed by atoms with van der Waals surface area (Å²) in [7, 11) is 0. The zero-order valence-electron chi connectivity index (χ0n) is 16.1. The summed E-state index contributed by atoms with van der Waals surface area (Å²) < 4.78 is 1.88. The van der Waals surface area contributed by atoms with Crippen LogP contribution >= 0.6 is 0 Å². The van der Waals surface area contributed by atoms with Crippen molar-refractivity contribution >= 4 is 22.9 Å². The van der Waals surface area contributed by atoms with Gasteiger partial charge in [-0.1, -0.05) is 67.3 Å². The van der Waals surface area contributed by atoms with Crippen molar-refractivity contribution in [2.24, 2.45) is 0 Å². The van der Waals surface area contributed by atoms with Gasteiger partial charge in [-0.3, -0.25) is 9.59 Å². The number of benzene rings is 2. The highest BCUT2D eigenvalue weighted by atomic mass is 16.1. The molecule has 0 N–H and O–H groups in total. The summed E-state index contributed by atoms with van der Waals surface area (Å²) in [5.41, 5.74) is 3.82. The van der Waals surface area contributed by atoms with Crippen molar-refractivity contribution in [1.29, 1.82) is 0 Å². The van der Waals surface area contributed by atoms with Crippen molar-refractivity contribution in [2.45, 2.75) is 13.5 Å². The highest BCUT2D eigenvalue weighted by Crippen LogP contribution is 2.16. The summed E-state index contributed by atoms with van der Waals surface area (Å²) in [6.45, 7) is 6.16. The van der Waals surface area contributed by atoms with Crippen molar-refractivity contribution in [2.75, 3.05) is 0 Å². The maximum absolute atomic E-state index is 13.1. The first-order valence-electron chi connectivity index (χ1n) is 9.39. The van der Waals surface area contributed by atoms with Crippen LogP contribution in [0.25, 0.3) is 17.1 Å². The molecule has 0 atom stereocenters. The fraction of sp³-hybridized carbons (Fsp3) is 0.0800. The van der Waals surface area contributed by atoms with Gasteiger partial charge < -0.3 is 4.57 Å². The molecule has 0 radical (unpaired) electrons. The first-order chi connectivity index (χ1) is 14.1. The van der Waals surface area contributed by atoms with Crippen LogP contribution in [0.1, 0.15) is 32.7 Å². The molecule has 4 aromatic rings. The highest BCUT2D eigenvalue weighted by Gasteiger charge is 2.18. The number of carbonyl (C=O) groups is 1. The van der Waals surface area contributed by atoms with Crippen LogP contribution in [-0.4, -0.2) is 15.3 Å².